The lowest BCUT2D eigenvalue weighted by Crippen LogP contribution is -2.53. The third-order valence-electron chi connectivity index (χ3n) is 2.93. The van der Waals surface area contributed by atoms with Crippen LogP contribution in [0.4, 0.5) is 0 Å². The molecule has 2 atom stereocenters. The summed E-state index contributed by atoms with van der Waals surface area (Å²) in [7, 11) is 0. The second-order valence-corrected chi connectivity index (χ2v) is 4.27. The molecule has 1 N–H and O–H groups in total. The summed E-state index contributed by atoms with van der Waals surface area (Å²) in [5.74, 6) is 0.529. The van der Waals surface area contributed by atoms with Gasteiger partial charge in [-0.2, -0.15) is 0 Å². The summed E-state index contributed by atoms with van der Waals surface area (Å²) in [6, 6.07) is 0.357. The highest BCUT2D eigenvalue weighted by Gasteiger charge is 2.25. The van der Waals surface area contributed by atoms with E-state index in [0.29, 0.717) is 11.9 Å². The molecule has 14 heavy (non-hydrogen) atoms. The highest BCUT2D eigenvalue weighted by Crippen LogP contribution is 2.13. The van der Waals surface area contributed by atoms with E-state index in [9.17, 15) is 4.79 Å². The maximum Gasteiger partial charge on any atom is 0.225 e. The molecule has 0 radical (unpaired) electrons. The van der Waals surface area contributed by atoms with Crippen LogP contribution in [0, 0.1) is 5.92 Å². The molecule has 3 heteroatoms. The number of amides is 1. The van der Waals surface area contributed by atoms with Crippen molar-refractivity contribution in [3.63, 3.8) is 0 Å². The van der Waals surface area contributed by atoms with Gasteiger partial charge in [-0.3, -0.25) is 4.79 Å². The van der Waals surface area contributed by atoms with Crippen molar-refractivity contribution in [2.24, 2.45) is 5.92 Å². The molecule has 0 spiro atoms. The molecule has 1 fully saturated rings. The quantitative estimate of drug-likeness (QED) is 0.740. The van der Waals surface area contributed by atoms with Gasteiger partial charge < -0.3 is 10.2 Å². The van der Waals surface area contributed by atoms with Crippen LogP contribution >= 0.6 is 0 Å². The molecular weight excluding hydrogens is 176 g/mol. The summed E-state index contributed by atoms with van der Waals surface area (Å²) in [5.41, 5.74) is 0. The minimum atomic E-state index is 0.195. The van der Waals surface area contributed by atoms with Gasteiger partial charge in [0.1, 0.15) is 0 Å². The summed E-state index contributed by atoms with van der Waals surface area (Å²) in [6.07, 6.45) is 2.10. The van der Waals surface area contributed by atoms with E-state index in [-0.39, 0.29) is 5.92 Å². The summed E-state index contributed by atoms with van der Waals surface area (Å²) in [4.78, 5) is 14.0. The Morgan fingerprint density at radius 3 is 2.93 bits per heavy atom. The Morgan fingerprint density at radius 2 is 2.36 bits per heavy atom. The summed E-state index contributed by atoms with van der Waals surface area (Å²) in [6.45, 7) is 9.03. The van der Waals surface area contributed by atoms with E-state index >= 15 is 0 Å². The highest BCUT2D eigenvalue weighted by molar-refractivity contribution is 5.78. The maximum absolute atomic E-state index is 12.0. The smallest absolute Gasteiger partial charge is 0.225 e. The molecule has 1 amide bonds. The molecule has 1 saturated heterocycles. The number of nitrogens with one attached hydrogen (secondary N) is 1. The van der Waals surface area contributed by atoms with Crippen LogP contribution in [-0.4, -0.2) is 36.5 Å². The third kappa shape index (κ3) is 2.71. The first-order valence-electron chi connectivity index (χ1n) is 5.68. The van der Waals surface area contributed by atoms with E-state index in [0.717, 1.165) is 32.5 Å². The van der Waals surface area contributed by atoms with Gasteiger partial charge >= 0.3 is 0 Å². The van der Waals surface area contributed by atoms with Crippen LogP contribution in [0.2, 0.25) is 0 Å². The summed E-state index contributed by atoms with van der Waals surface area (Å²) >= 11 is 0. The van der Waals surface area contributed by atoms with Crippen LogP contribution in [0.5, 0.6) is 0 Å². The van der Waals surface area contributed by atoms with Crippen molar-refractivity contribution in [3.05, 3.63) is 0 Å². The Bertz CT molecular complexity index is 194. The molecule has 1 aliphatic heterocycles. The van der Waals surface area contributed by atoms with E-state index in [1.54, 1.807) is 0 Å². The molecule has 0 aromatic rings. The van der Waals surface area contributed by atoms with Gasteiger partial charge in [-0.1, -0.05) is 20.3 Å². The van der Waals surface area contributed by atoms with Crippen LogP contribution in [0.25, 0.3) is 0 Å². The first-order valence-corrected chi connectivity index (χ1v) is 5.68. The fourth-order valence-electron chi connectivity index (χ4n) is 2.01. The largest absolute Gasteiger partial charge is 0.337 e. The molecule has 3 nitrogen and oxygen atoms in total. The third-order valence-corrected chi connectivity index (χ3v) is 2.93. The van der Waals surface area contributed by atoms with Gasteiger partial charge in [0.05, 0.1) is 0 Å². The van der Waals surface area contributed by atoms with Crippen LogP contribution in [0.1, 0.15) is 33.6 Å². The first kappa shape index (κ1) is 11.5. The SMILES string of the molecule is CCCC(C)C(=O)N1CCNCC1C. The zero-order valence-electron chi connectivity index (χ0n) is 9.55. The van der Waals surface area contributed by atoms with E-state index < -0.39 is 0 Å². The van der Waals surface area contributed by atoms with Gasteiger partial charge in [-0.15, -0.1) is 0 Å². The standard InChI is InChI=1S/C11H22N2O/c1-4-5-9(2)11(14)13-7-6-12-8-10(13)3/h9-10,12H,4-8H2,1-3H3. The fraction of sp³-hybridized carbons (Fsp3) is 0.909. The second kappa shape index (κ2) is 5.35. The monoisotopic (exact) mass is 198 g/mol. The average Bonchev–Trinajstić information content (AvgIpc) is 2.18. The summed E-state index contributed by atoms with van der Waals surface area (Å²) in [5, 5.41) is 3.30. The Labute approximate surface area is 86.9 Å². The topological polar surface area (TPSA) is 32.3 Å². The highest BCUT2D eigenvalue weighted by atomic mass is 16.2. The normalized spacial score (nSPS) is 24.8. The van der Waals surface area contributed by atoms with Crippen LogP contribution in [-0.2, 0) is 4.79 Å². The fourth-order valence-corrected chi connectivity index (χ4v) is 2.01. The minimum absolute atomic E-state index is 0.195. The lowest BCUT2D eigenvalue weighted by atomic mass is 10.0. The van der Waals surface area contributed by atoms with Crippen molar-refractivity contribution < 1.29 is 4.79 Å². The number of nitrogens with zero attached hydrogens (tertiary/aromatic N) is 1. The molecule has 0 aromatic heterocycles. The zero-order valence-corrected chi connectivity index (χ0v) is 9.55. The maximum atomic E-state index is 12.0. The van der Waals surface area contributed by atoms with E-state index in [1.165, 1.54) is 0 Å². The zero-order chi connectivity index (χ0) is 10.6. The lowest BCUT2D eigenvalue weighted by Gasteiger charge is -2.35. The van der Waals surface area contributed by atoms with Crippen molar-refractivity contribution in [1.29, 1.82) is 0 Å². The van der Waals surface area contributed by atoms with Gasteiger partial charge in [0.15, 0.2) is 0 Å². The van der Waals surface area contributed by atoms with Gasteiger partial charge in [0.25, 0.3) is 0 Å². The first-order chi connectivity index (χ1) is 6.66. The van der Waals surface area contributed by atoms with Crippen molar-refractivity contribution in [2.75, 3.05) is 19.6 Å². The van der Waals surface area contributed by atoms with Gasteiger partial charge in [-0.25, -0.2) is 0 Å². The Kier molecular flexibility index (Phi) is 4.39. The van der Waals surface area contributed by atoms with E-state index in [4.69, 9.17) is 0 Å². The van der Waals surface area contributed by atoms with Crippen LogP contribution in [0.15, 0.2) is 0 Å². The molecule has 82 valence electrons. The van der Waals surface area contributed by atoms with Gasteiger partial charge in [-0.05, 0) is 13.3 Å². The number of hydrogen-bond acceptors (Lipinski definition) is 2. The Hall–Kier alpha value is -0.570. The van der Waals surface area contributed by atoms with Crippen molar-refractivity contribution in [3.8, 4) is 0 Å². The predicted octanol–water partition coefficient (Wildman–Crippen LogP) is 1.24. The molecule has 1 aliphatic rings. The number of piperazine rings is 1. The number of carbonyl (C=O) groups excluding carboxylic acids is 1. The molecule has 0 aliphatic carbocycles. The molecule has 0 bridgehead atoms. The van der Waals surface area contributed by atoms with Crippen LogP contribution in [0.3, 0.4) is 0 Å². The lowest BCUT2D eigenvalue weighted by molar-refractivity contribution is -0.138. The molecule has 1 rings (SSSR count). The Balaban J connectivity index is 2.49. The van der Waals surface area contributed by atoms with Crippen molar-refractivity contribution in [2.45, 2.75) is 39.7 Å². The van der Waals surface area contributed by atoms with E-state index in [1.807, 2.05) is 11.8 Å². The molecule has 0 aromatic carbocycles. The van der Waals surface area contributed by atoms with Gasteiger partial charge in [0, 0.05) is 31.6 Å². The second-order valence-electron chi connectivity index (χ2n) is 4.27. The number of carbonyl (C=O) groups is 1. The predicted molar refractivity (Wildman–Crippen MR) is 58.1 cm³/mol. The minimum Gasteiger partial charge on any atom is -0.337 e. The van der Waals surface area contributed by atoms with Gasteiger partial charge in [0.2, 0.25) is 5.91 Å². The van der Waals surface area contributed by atoms with Crippen molar-refractivity contribution >= 4 is 5.91 Å². The summed E-state index contributed by atoms with van der Waals surface area (Å²) < 4.78 is 0. The van der Waals surface area contributed by atoms with E-state index in [2.05, 4.69) is 19.2 Å². The number of hydrogen-bond donors (Lipinski definition) is 1. The number of rotatable bonds is 3. The Morgan fingerprint density at radius 1 is 1.64 bits per heavy atom. The molecular formula is C11H22N2O. The molecule has 2 unspecified atom stereocenters. The average molecular weight is 198 g/mol. The molecule has 0 saturated carbocycles. The van der Waals surface area contributed by atoms with Crippen molar-refractivity contribution in [1.82, 2.24) is 10.2 Å². The molecule has 1 heterocycles. The van der Waals surface area contributed by atoms with Crippen LogP contribution < -0.4 is 5.32 Å².